The molecule has 1 heterocycles. The Kier molecular flexibility index (Phi) is 3.26. The maximum absolute atomic E-state index is 11.7. The fourth-order valence-corrected chi connectivity index (χ4v) is 2.23. The molecule has 1 saturated heterocycles. The van der Waals surface area contributed by atoms with Gasteiger partial charge < -0.3 is 15.7 Å². The number of hydrogen-bond donors (Lipinski definition) is 3. The van der Waals surface area contributed by atoms with Gasteiger partial charge in [-0.05, 0) is 38.6 Å². The van der Waals surface area contributed by atoms with E-state index >= 15 is 0 Å². The molecule has 15 heavy (non-hydrogen) atoms. The fourth-order valence-electron chi connectivity index (χ4n) is 2.23. The van der Waals surface area contributed by atoms with Gasteiger partial charge in [0.1, 0.15) is 0 Å². The number of aliphatic hydroxyl groups is 1. The molecule has 0 spiro atoms. The van der Waals surface area contributed by atoms with Crippen molar-refractivity contribution in [1.82, 2.24) is 10.6 Å². The third-order valence-corrected chi connectivity index (χ3v) is 3.54. The summed E-state index contributed by atoms with van der Waals surface area (Å²) in [5.41, 5.74) is -0.599. The minimum absolute atomic E-state index is 0.0995. The first kappa shape index (κ1) is 10.9. The van der Waals surface area contributed by atoms with Gasteiger partial charge in [-0.15, -0.1) is 0 Å². The van der Waals surface area contributed by atoms with E-state index in [0.717, 1.165) is 45.2 Å². The molecule has 0 aromatic heterocycles. The number of nitrogens with one attached hydrogen (secondary N) is 2. The maximum Gasteiger partial charge on any atom is 0.224 e. The van der Waals surface area contributed by atoms with Crippen LogP contribution in [-0.4, -0.2) is 36.2 Å². The summed E-state index contributed by atoms with van der Waals surface area (Å²) in [7, 11) is 0. The third-order valence-electron chi connectivity index (χ3n) is 3.54. The summed E-state index contributed by atoms with van der Waals surface area (Å²) in [5.74, 6) is 0.199. The summed E-state index contributed by atoms with van der Waals surface area (Å²) in [6, 6.07) is 0. The first-order chi connectivity index (χ1) is 7.20. The van der Waals surface area contributed by atoms with Crippen LogP contribution in [0.25, 0.3) is 0 Å². The molecule has 4 nitrogen and oxygen atoms in total. The van der Waals surface area contributed by atoms with E-state index in [2.05, 4.69) is 10.6 Å². The Morgan fingerprint density at radius 3 is 2.80 bits per heavy atom. The molecule has 1 amide bonds. The lowest BCUT2D eigenvalue weighted by molar-refractivity contribution is -0.127. The molecular weight excluding hydrogens is 192 g/mol. The van der Waals surface area contributed by atoms with Crippen LogP contribution in [0.1, 0.15) is 32.1 Å². The van der Waals surface area contributed by atoms with Crippen LogP contribution in [0.15, 0.2) is 0 Å². The summed E-state index contributed by atoms with van der Waals surface area (Å²) < 4.78 is 0. The molecule has 4 heteroatoms. The SMILES string of the molecule is O=C(NCC1(O)CCC1)[C@H]1CCCNC1. The average molecular weight is 212 g/mol. The number of hydrogen-bond acceptors (Lipinski definition) is 3. The van der Waals surface area contributed by atoms with Gasteiger partial charge >= 0.3 is 0 Å². The normalized spacial score (nSPS) is 29.3. The van der Waals surface area contributed by atoms with E-state index in [1.807, 2.05) is 0 Å². The number of rotatable bonds is 3. The summed E-state index contributed by atoms with van der Waals surface area (Å²) in [4.78, 5) is 11.7. The molecule has 2 rings (SSSR count). The van der Waals surface area contributed by atoms with E-state index < -0.39 is 5.60 Å². The van der Waals surface area contributed by atoms with Gasteiger partial charge in [0.2, 0.25) is 5.91 Å². The number of piperidine rings is 1. The van der Waals surface area contributed by atoms with Crippen LogP contribution in [0.2, 0.25) is 0 Å². The van der Waals surface area contributed by atoms with Crippen molar-refractivity contribution in [1.29, 1.82) is 0 Å². The topological polar surface area (TPSA) is 61.4 Å². The van der Waals surface area contributed by atoms with Crippen molar-refractivity contribution in [3.05, 3.63) is 0 Å². The van der Waals surface area contributed by atoms with Crippen LogP contribution in [0.3, 0.4) is 0 Å². The summed E-state index contributed by atoms with van der Waals surface area (Å²) in [6.07, 6.45) is 4.78. The molecule has 0 aromatic rings. The van der Waals surface area contributed by atoms with E-state index in [4.69, 9.17) is 0 Å². The molecule has 1 aliphatic carbocycles. The first-order valence-electron chi connectivity index (χ1n) is 5.90. The van der Waals surface area contributed by atoms with Crippen LogP contribution in [0.4, 0.5) is 0 Å². The summed E-state index contributed by atoms with van der Waals surface area (Å²) in [6.45, 7) is 2.24. The lowest BCUT2D eigenvalue weighted by Gasteiger charge is -2.37. The largest absolute Gasteiger partial charge is 0.388 e. The summed E-state index contributed by atoms with van der Waals surface area (Å²) >= 11 is 0. The molecule has 0 unspecified atom stereocenters. The van der Waals surface area contributed by atoms with Crippen molar-refractivity contribution in [3.8, 4) is 0 Å². The van der Waals surface area contributed by atoms with Gasteiger partial charge in [-0.1, -0.05) is 0 Å². The highest BCUT2D eigenvalue weighted by Crippen LogP contribution is 2.30. The second-order valence-electron chi connectivity index (χ2n) is 4.84. The Balaban J connectivity index is 1.71. The smallest absolute Gasteiger partial charge is 0.224 e. The zero-order chi connectivity index (χ0) is 10.7. The average Bonchev–Trinajstić information content (AvgIpc) is 2.24. The second-order valence-corrected chi connectivity index (χ2v) is 4.84. The van der Waals surface area contributed by atoms with Crippen LogP contribution in [0.5, 0.6) is 0 Å². The van der Waals surface area contributed by atoms with Gasteiger partial charge in [0, 0.05) is 13.1 Å². The molecule has 1 saturated carbocycles. The quantitative estimate of drug-likeness (QED) is 0.618. The fraction of sp³-hybridized carbons (Fsp3) is 0.909. The molecule has 1 atom stereocenters. The van der Waals surface area contributed by atoms with Crippen LogP contribution >= 0.6 is 0 Å². The van der Waals surface area contributed by atoms with E-state index in [9.17, 15) is 9.90 Å². The molecule has 0 bridgehead atoms. The predicted molar refractivity (Wildman–Crippen MR) is 57.4 cm³/mol. The van der Waals surface area contributed by atoms with Crippen LogP contribution in [-0.2, 0) is 4.79 Å². The predicted octanol–water partition coefficient (Wildman–Crippen LogP) is 0.0172. The van der Waals surface area contributed by atoms with Crippen molar-refractivity contribution in [2.24, 2.45) is 5.92 Å². The van der Waals surface area contributed by atoms with Crippen LogP contribution in [0, 0.1) is 5.92 Å². The van der Waals surface area contributed by atoms with Crippen molar-refractivity contribution < 1.29 is 9.90 Å². The highest BCUT2D eigenvalue weighted by atomic mass is 16.3. The molecule has 0 aromatic carbocycles. The lowest BCUT2D eigenvalue weighted by Crippen LogP contribution is -2.50. The number of carbonyl (C=O) groups is 1. The van der Waals surface area contributed by atoms with E-state index in [1.54, 1.807) is 0 Å². The molecule has 1 aliphatic heterocycles. The number of carbonyl (C=O) groups excluding carboxylic acids is 1. The molecule has 2 aliphatic rings. The van der Waals surface area contributed by atoms with E-state index in [-0.39, 0.29) is 11.8 Å². The lowest BCUT2D eigenvalue weighted by atomic mass is 9.80. The zero-order valence-electron chi connectivity index (χ0n) is 9.09. The van der Waals surface area contributed by atoms with E-state index in [1.165, 1.54) is 0 Å². The first-order valence-corrected chi connectivity index (χ1v) is 5.90. The summed E-state index contributed by atoms with van der Waals surface area (Å²) in [5, 5.41) is 15.9. The zero-order valence-corrected chi connectivity index (χ0v) is 9.09. The van der Waals surface area contributed by atoms with Gasteiger partial charge in [-0.3, -0.25) is 4.79 Å². The highest BCUT2D eigenvalue weighted by molar-refractivity contribution is 5.79. The molecular formula is C11H20N2O2. The van der Waals surface area contributed by atoms with Crippen LogP contribution < -0.4 is 10.6 Å². The van der Waals surface area contributed by atoms with Crippen molar-refractivity contribution in [3.63, 3.8) is 0 Å². The van der Waals surface area contributed by atoms with Gasteiger partial charge in [0.15, 0.2) is 0 Å². The van der Waals surface area contributed by atoms with Crippen molar-refractivity contribution in [2.75, 3.05) is 19.6 Å². The molecule has 3 N–H and O–H groups in total. The molecule has 0 radical (unpaired) electrons. The Hall–Kier alpha value is -0.610. The van der Waals surface area contributed by atoms with Crippen molar-refractivity contribution >= 4 is 5.91 Å². The standard InChI is InChI=1S/C11H20N2O2/c14-10(9-3-1-6-12-7-9)13-8-11(15)4-2-5-11/h9,12,15H,1-8H2,(H,13,14)/t9-/m0/s1. The molecule has 2 fully saturated rings. The minimum Gasteiger partial charge on any atom is -0.388 e. The Morgan fingerprint density at radius 2 is 2.27 bits per heavy atom. The monoisotopic (exact) mass is 212 g/mol. The Morgan fingerprint density at radius 1 is 1.47 bits per heavy atom. The van der Waals surface area contributed by atoms with Gasteiger partial charge in [0.25, 0.3) is 0 Å². The van der Waals surface area contributed by atoms with Gasteiger partial charge in [-0.25, -0.2) is 0 Å². The highest BCUT2D eigenvalue weighted by Gasteiger charge is 2.35. The van der Waals surface area contributed by atoms with E-state index in [0.29, 0.717) is 6.54 Å². The van der Waals surface area contributed by atoms with Gasteiger partial charge in [-0.2, -0.15) is 0 Å². The number of amides is 1. The Bertz CT molecular complexity index is 233. The molecule has 86 valence electrons. The van der Waals surface area contributed by atoms with Gasteiger partial charge in [0.05, 0.1) is 11.5 Å². The minimum atomic E-state index is -0.599. The second kappa shape index (κ2) is 4.49. The Labute approximate surface area is 90.4 Å². The van der Waals surface area contributed by atoms with Crippen molar-refractivity contribution in [2.45, 2.75) is 37.7 Å². The third kappa shape index (κ3) is 2.69. The maximum atomic E-state index is 11.7.